The number of hydrogen-bond acceptors (Lipinski definition) is 3. The number of carbonyl (C=O) groups is 2. The summed E-state index contributed by atoms with van der Waals surface area (Å²) in [6.45, 7) is 10.8. The molecular formula is C12H24N2O3. The predicted molar refractivity (Wildman–Crippen MR) is 66.4 cm³/mol. The molecule has 3 N–H and O–H groups in total. The fourth-order valence-corrected chi connectivity index (χ4v) is 1.65. The summed E-state index contributed by atoms with van der Waals surface area (Å²) < 4.78 is 5.14. The average molecular weight is 244 g/mol. The molecule has 0 saturated heterocycles. The van der Waals surface area contributed by atoms with Gasteiger partial charge in [-0.1, -0.05) is 20.8 Å². The lowest BCUT2D eigenvalue weighted by atomic mass is 9.83. The minimum absolute atomic E-state index is 0.0995. The Kier molecular flexibility index (Phi) is 4.98. The van der Waals surface area contributed by atoms with Crippen LogP contribution in [0, 0.1) is 5.92 Å². The number of amides is 2. The number of hydrogen-bond donors (Lipinski definition) is 2. The largest absolute Gasteiger partial charge is 0.444 e. The highest BCUT2D eigenvalue weighted by molar-refractivity contribution is 5.89. The zero-order valence-corrected chi connectivity index (χ0v) is 11.6. The SMILES string of the molecule is CC[C@@](NC(=O)OC(C)(C)C)(C(N)=O)C(C)C. The number of ether oxygens (including phenoxy) is 1. The summed E-state index contributed by atoms with van der Waals surface area (Å²) in [6, 6.07) is 0. The Labute approximate surface area is 103 Å². The van der Waals surface area contributed by atoms with Crippen LogP contribution in [0.1, 0.15) is 48.0 Å². The topological polar surface area (TPSA) is 81.4 Å². The summed E-state index contributed by atoms with van der Waals surface area (Å²) in [7, 11) is 0. The molecule has 5 heteroatoms. The maximum Gasteiger partial charge on any atom is 0.408 e. The first-order valence-electron chi connectivity index (χ1n) is 5.86. The number of nitrogens with two attached hydrogens (primary N) is 1. The molecule has 0 aliphatic heterocycles. The maximum atomic E-state index is 11.7. The van der Waals surface area contributed by atoms with Gasteiger partial charge >= 0.3 is 6.09 Å². The molecule has 0 radical (unpaired) electrons. The maximum absolute atomic E-state index is 11.7. The van der Waals surface area contributed by atoms with Crippen LogP contribution >= 0.6 is 0 Å². The summed E-state index contributed by atoms with van der Waals surface area (Å²) in [5.74, 6) is -0.640. The van der Waals surface area contributed by atoms with E-state index in [-0.39, 0.29) is 5.92 Å². The van der Waals surface area contributed by atoms with Gasteiger partial charge in [0.05, 0.1) is 0 Å². The molecule has 0 aromatic rings. The van der Waals surface area contributed by atoms with E-state index in [0.29, 0.717) is 6.42 Å². The van der Waals surface area contributed by atoms with Crippen molar-refractivity contribution in [1.29, 1.82) is 0 Å². The van der Waals surface area contributed by atoms with Crippen LogP contribution in [0.5, 0.6) is 0 Å². The van der Waals surface area contributed by atoms with Crippen molar-refractivity contribution in [2.24, 2.45) is 11.7 Å². The Hall–Kier alpha value is -1.26. The van der Waals surface area contributed by atoms with Crippen molar-refractivity contribution in [3.63, 3.8) is 0 Å². The van der Waals surface area contributed by atoms with Crippen LogP contribution in [0.2, 0.25) is 0 Å². The summed E-state index contributed by atoms with van der Waals surface area (Å²) in [5.41, 5.74) is 3.73. The highest BCUT2D eigenvalue weighted by Gasteiger charge is 2.40. The van der Waals surface area contributed by atoms with Crippen LogP contribution in [-0.4, -0.2) is 23.1 Å². The Morgan fingerprint density at radius 2 is 1.76 bits per heavy atom. The van der Waals surface area contributed by atoms with Gasteiger partial charge in [0, 0.05) is 0 Å². The van der Waals surface area contributed by atoms with E-state index in [9.17, 15) is 9.59 Å². The third kappa shape index (κ3) is 4.24. The molecule has 2 amide bonds. The molecule has 17 heavy (non-hydrogen) atoms. The molecule has 1 atom stereocenters. The fourth-order valence-electron chi connectivity index (χ4n) is 1.65. The second-order valence-corrected chi connectivity index (χ2v) is 5.47. The molecule has 0 aromatic heterocycles. The first-order chi connectivity index (χ1) is 7.55. The molecule has 0 fully saturated rings. The van der Waals surface area contributed by atoms with E-state index in [1.807, 2.05) is 20.8 Å². The number of nitrogens with one attached hydrogen (secondary N) is 1. The molecule has 0 aliphatic carbocycles. The smallest absolute Gasteiger partial charge is 0.408 e. The van der Waals surface area contributed by atoms with Crippen molar-refractivity contribution in [1.82, 2.24) is 5.32 Å². The van der Waals surface area contributed by atoms with Gasteiger partial charge in [0.15, 0.2) is 0 Å². The van der Waals surface area contributed by atoms with E-state index in [4.69, 9.17) is 10.5 Å². The summed E-state index contributed by atoms with van der Waals surface area (Å²) in [6.07, 6.45) is -0.189. The lowest BCUT2D eigenvalue weighted by Gasteiger charge is -2.35. The average Bonchev–Trinajstić information content (AvgIpc) is 2.09. The Balaban J connectivity index is 4.89. The van der Waals surface area contributed by atoms with Crippen molar-refractivity contribution in [3.05, 3.63) is 0 Å². The number of primary amides is 1. The molecule has 0 heterocycles. The van der Waals surface area contributed by atoms with Crippen molar-refractivity contribution < 1.29 is 14.3 Å². The van der Waals surface area contributed by atoms with Gasteiger partial charge in [-0.2, -0.15) is 0 Å². The van der Waals surface area contributed by atoms with Gasteiger partial charge in [0.25, 0.3) is 0 Å². The van der Waals surface area contributed by atoms with Crippen molar-refractivity contribution >= 4 is 12.0 Å². The van der Waals surface area contributed by atoms with Gasteiger partial charge in [-0.15, -0.1) is 0 Å². The number of rotatable bonds is 4. The molecule has 5 nitrogen and oxygen atoms in total. The number of alkyl carbamates (subject to hydrolysis) is 1. The van der Waals surface area contributed by atoms with Crippen LogP contribution in [-0.2, 0) is 9.53 Å². The highest BCUT2D eigenvalue weighted by Crippen LogP contribution is 2.21. The van der Waals surface area contributed by atoms with Crippen LogP contribution in [0.25, 0.3) is 0 Å². The molecule has 0 unspecified atom stereocenters. The summed E-state index contributed by atoms with van der Waals surface area (Å²) in [4.78, 5) is 23.2. The van der Waals surface area contributed by atoms with Gasteiger partial charge in [-0.05, 0) is 33.1 Å². The van der Waals surface area contributed by atoms with Crippen LogP contribution in [0.15, 0.2) is 0 Å². The van der Waals surface area contributed by atoms with E-state index in [1.165, 1.54) is 0 Å². The highest BCUT2D eigenvalue weighted by atomic mass is 16.6. The predicted octanol–water partition coefficient (Wildman–Crippen LogP) is 1.80. The molecule has 100 valence electrons. The first kappa shape index (κ1) is 15.7. The van der Waals surface area contributed by atoms with Gasteiger partial charge in [0.2, 0.25) is 5.91 Å². The molecule has 0 bridgehead atoms. The third-order valence-electron chi connectivity index (χ3n) is 2.71. The number of carbonyl (C=O) groups excluding carboxylic acids is 2. The molecular weight excluding hydrogens is 220 g/mol. The Morgan fingerprint density at radius 1 is 1.29 bits per heavy atom. The quantitative estimate of drug-likeness (QED) is 0.791. The summed E-state index contributed by atoms with van der Waals surface area (Å²) >= 11 is 0. The van der Waals surface area contributed by atoms with E-state index < -0.39 is 23.1 Å². The molecule has 0 aliphatic rings. The molecule has 0 saturated carbocycles. The Morgan fingerprint density at radius 3 is 2.00 bits per heavy atom. The standard InChI is InChI=1S/C12H24N2O3/c1-7-12(8(2)3,9(13)15)14-10(16)17-11(4,5)6/h8H,7H2,1-6H3,(H2,13,15)(H,14,16)/t12-/m0/s1. The van der Waals surface area contributed by atoms with Crippen molar-refractivity contribution in [2.75, 3.05) is 0 Å². The zero-order valence-electron chi connectivity index (χ0n) is 11.6. The second kappa shape index (κ2) is 5.38. The monoisotopic (exact) mass is 244 g/mol. The van der Waals surface area contributed by atoms with Crippen molar-refractivity contribution in [2.45, 2.75) is 59.1 Å². The minimum atomic E-state index is -1.05. The lowest BCUT2D eigenvalue weighted by molar-refractivity contribution is -0.126. The van der Waals surface area contributed by atoms with Crippen LogP contribution in [0.3, 0.4) is 0 Å². The van der Waals surface area contributed by atoms with E-state index in [1.54, 1.807) is 20.8 Å². The molecule has 0 aromatic carbocycles. The van der Waals surface area contributed by atoms with E-state index in [2.05, 4.69) is 5.32 Å². The van der Waals surface area contributed by atoms with Gasteiger partial charge in [0.1, 0.15) is 11.1 Å². The fraction of sp³-hybridized carbons (Fsp3) is 0.833. The van der Waals surface area contributed by atoms with Crippen LogP contribution in [0.4, 0.5) is 4.79 Å². The normalized spacial score (nSPS) is 15.2. The molecule has 0 spiro atoms. The zero-order chi connectivity index (χ0) is 13.9. The van der Waals surface area contributed by atoms with E-state index in [0.717, 1.165) is 0 Å². The first-order valence-corrected chi connectivity index (χ1v) is 5.86. The Bertz CT molecular complexity index is 295. The van der Waals surface area contributed by atoms with Gasteiger partial charge in [-0.25, -0.2) is 4.79 Å². The van der Waals surface area contributed by atoms with Gasteiger partial charge < -0.3 is 15.8 Å². The molecule has 0 rings (SSSR count). The minimum Gasteiger partial charge on any atom is -0.444 e. The summed E-state index contributed by atoms with van der Waals surface area (Å²) in [5, 5.41) is 2.60. The third-order valence-corrected chi connectivity index (χ3v) is 2.71. The van der Waals surface area contributed by atoms with E-state index >= 15 is 0 Å². The van der Waals surface area contributed by atoms with Crippen molar-refractivity contribution in [3.8, 4) is 0 Å². The van der Waals surface area contributed by atoms with Crippen LogP contribution < -0.4 is 11.1 Å². The second-order valence-electron chi connectivity index (χ2n) is 5.47. The van der Waals surface area contributed by atoms with Gasteiger partial charge in [-0.3, -0.25) is 4.79 Å². The lowest BCUT2D eigenvalue weighted by Crippen LogP contribution is -2.61.